The molecule has 1 fully saturated rings. The Kier molecular flexibility index (Phi) is 8.40. The quantitative estimate of drug-likeness (QED) is 0.463. The van der Waals surface area contributed by atoms with Crippen LogP contribution in [0.3, 0.4) is 0 Å². The molecule has 1 heterocycles. The SMILES string of the molecule is CCNC(=NCC(C)(O)CN1CCOCC1)NCCc1c(F)cccc1F. The molecule has 1 aliphatic heterocycles. The second-order valence-corrected chi connectivity index (χ2v) is 6.96. The Labute approximate surface area is 159 Å². The van der Waals surface area contributed by atoms with Crippen molar-refractivity contribution >= 4 is 5.96 Å². The van der Waals surface area contributed by atoms with Crippen molar-refractivity contribution in [2.75, 3.05) is 52.5 Å². The van der Waals surface area contributed by atoms with Gasteiger partial charge in [-0.1, -0.05) is 6.07 Å². The zero-order valence-corrected chi connectivity index (χ0v) is 16.1. The van der Waals surface area contributed by atoms with Crippen LogP contribution in [0, 0.1) is 11.6 Å². The van der Waals surface area contributed by atoms with Crippen molar-refractivity contribution in [3.63, 3.8) is 0 Å². The first-order chi connectivity index (χ1) is 12.9. The average molecular weight is 384 g/mol. The molecule has 0 aliphatic carbocycles. The monoisotopic (exact) mass is 384 g/mol. The molecule has 1 saturated heterocycles. The van der Waals surface area contributed by atoms with Crippen molar-refractivity contribution in [2.24, 2.45) is 4.99 Å². The molecular formula is C19H30F2N4O2. The lowest BCUT2D eigenvalue weighted by Gasteiger charge is -2.33. The highest BCUT2D eigenvalue weighted by molar-refractivity contribution is 5.79. The van der Waals surface area contributed by atoms with E-state index in [2.05, 4.69) is 20.5 Å². The molecule has 0 radical (unpaired) electrons. The minimum Gasteiger partial charge on any atom is -0.387 e. The first kappa shape index (κ1) is 21.5. The van der Waals surface area contributed by atoms with Crippen molar-refractivity contribution in [3.05, 3.63) is 35.4 Å². The van der Waals surface area contributed by atoms with Crippen LogP contribution in [-0.4, -0.2) is 74.0 Å². The maximum atomic E-state index is 13.7. The van der Waals surface area contributed by atoms with Crippen LogP contribution in [-0.2, 0) is 11.2 Å². The number of aliphatic imine (C=N–C) groups is 1. The molecule has 2 rings (SSSR count). The lowest BCUT2D eigenvalue weighted by Crippen LogP contribution is -2.48. The van der Waals surface area contributed by atoms with Crippen LogP contribution in [0.5, 0.6) is 0 Å². The second-order valence-electron chi connectivity index (χ2n) is 6.96. The van der Waals surface area contributed by atoms with Crippen LogP contribution < -0.4 is 10.6 Å². The number of β-amino-alcohol motifs (C(OH)–C–C–N with tert-alkyl or cyclic N) is 1. The molecule has 27 heavy (non-hydrogen) atoms. The van der Waals surface area contributed by atoms with E-state index in [9.17, 15) is 13.9 Å². The Morgan fingerprint density at radius 3 is 2.56 bits per heavy atom. The molecule has 0 amide bonds. The van der Waals surface area contributed by atoms with Gasteiger partial charge < -0.3 is 20.5 Å². The minimum atomic E-state index is -0.975. The van der Waals surface area contributed by atoms with E-state index in [1.54, 1.807) is 6.92 Å². The molecule has 1 aliphatic rings. The van der Waals surface area contributed by atoms with Crippen molar-refractivity contribution in [2.45, 2.75) is 25.9 Å². The standard InChI is InChI=1S/C19H30F2N4O2/c1-3-22-18(23-8-7-15-16(20)5-4-6-17(15)21)24-13-19(2,26)14-25-9-11-27-12-10-25/h4-6,26H,3,7-14H2,1-2H3,(H2,22,23,24). The first-order valence-electron chi connectivity index (χ1n) is 9.39. The van der Waals surface area contributed by atoms with Gasteiger partial charge in [-0.3, -0.25) is 9.89 Å². The summed E-state index contributed by atoms with van der Waals surface area (Å²) >= 11 is 0. The fourth-order valence-electron chi connectivity index (χ4n) is 2.96. The Hall–Kier alpha value is -1.77. The van der Waals surface area contributed by atoms with E-state index in [4.69, 9.17) is 4.74 Å². The summed E-state index contributed by atoms with van der Waals surface area (Å²) in [7, 11) is 0. The molecule has 1 aromatic carbocycles. The number of halogens is 2. The summed E-state index contributed by atoms with van der Waals surface area (Å²) in [6.07, 6.45) is 0.201. The number of ether oxygens (including phenoxy) is 1. The van der Waals surface area contributed by atoms with Gasteiger partial charge >= 0.3 is 0 Å². The highest BCUT2D eigenvalue weighted by atomic mass is 19.1. The molecular weight excluding hydrogens is 354 g/mol. The minimum absolute atomic E-state index is 0.0557. The van der Waals surface area contributed by atoms with Gasteiger partial charge in [0.15, 0.2) is 5.96 Å². The number of hydrogen-bond donors (Lipinski definition) is 3. The number of guanidine groups is 1. The second kappa shape index (κ2) is 10.5. The molecule has 1 atom stereocenters. The van der Waals surface area contributed by atoms with E-state index in [0.717, 1.165) is 13.1 Å². The third-order valence-electron chi connectivity index (χ3n) is 4.32. The number of rotatable bonds is 8. The van der Waals surface area contributed by atoms with Gasteiger partial charge in [0.1, 0.15) is 11.6 Å². The van der Waals surface area contributed by atoms with E-state index in [0.29, 0.717) is 38.8 Å². The van der Waals surface area contributed by atoms with Crippen LogP contribution in [0.2, 0.25) is 0 Å². The predicted octanol–water partition coefficient (Wildman–Crippen LogP) is 1.15. The molecule has 6 nitrogen and oxygen atoms in total. The Balaban J connectivity index is 1.87. The first-order valence-corrected chi connectivity index (χ1v) is 9.39. The summed E-state index contributed by atoms with van der Waals surface area (Å²) in [4.78, 5) is 6.58. The normalized spacial score (nSPS) is 18.2. The van der Waals surface area contributed by atoms with Crippen LogP contribution in [0.1, 0.15) is 19.4 Å². The van der Waals surface area contributed by atoms with Crippen LogP contribution in [0.15, 0.2) is 23.2 Å². The van der Waals surface area contributed by atoms with Gasteiger partial charge in [-0.15, -0.1) is 0 Å². The summed E-state index contributed by atoms with van der Waals surface area (Å²) in [6.45, 7) is 8.34. The average Bonchev–Trinajstić information content (AvgIpc) is 2.62. The van der Waals surface area contributed by atoms with Gasteiger partial charge in [0, 0.05) is 38.3 Å². The number of nitrogens with one attached hydrogen (secondary N) is 2. The maximum Gasteiger partial charge on any atom is 0.191 e. The fourth-order valence-corrected chi connectivity index (χ4v) is 2.96. The number of hydrogen-bond acceptors (Lipinski definition) is 4. The maximum absolute atomic E-state index is 13.7. The Morgan fingerprint density at radius 2 is 1.93 bits per heavy atom. The van der Waals surface area contributed by atoms with Gasteiger partial charge in [0.2, 0.25) is 0 Å². The summed E-state index contributed by atoms with van der Waals surface area (Å²) in [5, 5.41) is 16.8. The highest BCUT2D eigenvalue weighted by Crippen LogP contribution is 2.12. The highest BCUT2D eigenvalue weighted by Gasteiger charge is 2.25. The van der Waals surface area contributed by atoms with E-state index < -0.39 is 17.2 Å². The van der Waals surface area contributed by atoms with Gasteiger partial charge in [0.05, 0.1) is 25.4 Å². The van der Waals surface area contributed by atoms with Crippen LogP contribution in [0.25, 0.3) is 0 Å². The number of nitrogens with zero attached hydrogens (tertiary/aromatic N) is 2. The zero-order valence-electron chi connectivity index (χ0n) is 16.1. The van der Waals surface area contributed by atoms with Gasteiger partial charge in [-0.25, -0.2) is 8.78 Å². The Bertz CT molecular complexity index is 599. The molecule has 152 valence electrons. The van der Waals surface area contributed by atoms with Gasteiger partial charge in [-0.2, -0.15) is 0 Å². The van der Waals surface area contributed by atoms with Gasteiger partial charge in [-0.05, 0) is 32.4 Å². The van der Waals surface area contributed by atoms with Gasteiger partial charge in [0.25, 0.3) is 0 Å². The topological polar surface area (TPSA) is 69.1 Å². The van der Waals surface area contributed by atoms with E-state index in [1.165, 1.54) is 18.2 Å². The van der Waals surface area contributed by atoms with E-state index in [1.807, 2.05) is 6.92 Å². The summed E-state index contributed by atoms with van der Waals surface area (Å²) < 4.78 is 32.7. The largest absolute Gasteiger partial charge is 0.387 e. The predicted molar refractivity (Wildman–Crippen MR) is 102 cm³/mol. The van der Waals surface area contributed by atoms with Crippen molar-refractivity contribution in [1.29, 1.82) is 0 Å². The summed E-state index contributed by atoms with van der Waals surface area (Å²) in [6, 6.07) is 3.85. The van der Waals surface area contributed by atoms with Crippen molar-refractivity contribution in [1.82, 2.24) is 15.5 Å². The molecule has 0 bridgehead atoms. The Morgan fingerprint density at radius 1 is 1.26 bits per heavy atom. The molecule has 1 unspecified atom stereocenters. The lowest BCUT2D eigenvalue weighted by atomic mass is 10.1. The van der Waals surface area contributed by atoms with E-state index >= 15 is 0 Å². The number of aliphatic hydroxyl groups is 1. The summed E-state index contributed by atoms with van der Waals surface area (Å²) in [5.74, 6) is -0.587. The molecule has 0 aromatic heterocycles. The molecule has 1 aromatic rings. The zero-order chi connectivity index (χ0) is 19.7. The van der Waals surface area contributed by atoms with Crippen molar-refractivity contribution < 1.29 is 18.6 Å². The third-order valence-corrected chi connectivity index (χ3v) is 4.32. The van der Waals surface area contributed by atoms with Crippen LogP contribution in [0.4, 0.5) is 8.78 Å². The summed E-state index contributed by atoms with van der Waals surface area (Å²) in [5.41, 5.74) is -0.919. The van der Waals surface area contributed by atoms with Crippen LogP contribution >= 0.6 is 0 Å². The smallest absolute Gasteiger partial charge is 0.191 e. The molecule has 3 N–H and O–H groups in total. The fraction of sp³-hybridized carbons (Fsp3) is 0.632. The lowest BCUT2D eigenvalue weighted by molar-refractivity contribution is -0.0179. The van der Waals surface area contributed by atoms with Crippen molar-refractivity contribution in [3.8, 4) is 0 Å². The molecule has 0 spiro atoms. The number of morpholine rings is 1. The molecule has 0 saturated carbocycles. The third kappa shape index (κ3) is 7.40. The molecule has 8 heteroatoms. The van der Waals surface area contributed by atoms with E-state index in [-0.39, 0.29) is 18.5 Å². The number of benzene rings is 1.